The molecule has 0 saturated heterocycles. The fourth-order valence-electron chi connectivity index (χ4n) is 2.38. The molecule has 1 N–H and O–H groups in total. The molecule has 0 amide bonds. The summed E-state index contributed by atoms with van der Waals surface area (Å²) in [5.74, 6) is 0. The second kappa shape index (κ2) is 5.17. The maximum absolute atomic E-state index is 4.27. The first-order valence-electron chi connectivity index (χ1n) is 7.04. The molecule has 2 aromatic rings. The van der Waals surface area contributed by atoms with E-state index in [0.717, 1.165) is 6.54 Å². The van der Waals surface area contributed by atoms with Crippen molar-refractivity contribution >= 4 is 0 Å². The molecule has 1 aliphatic carbocycles. The van der Waals surface area contributed by atoms with Gasteiger partial charge in [0.25, 0.3) is 0 Å². The van der Waals surface area contributed by atoms with Crippen molar-refractivity contribution in [3.05, 3.63) is 53.6 Å². The van der Waals surface area contributed by atoms with Gasteiger partial charge >= 0.3 is 0 Å². The number of rotatable bonds is 5. The van der Waals surface area contributed by atoms with Gasteiger partial charge in [0.05, 0.1) is 12.0 Å². The Morgan fingerprint density at radius 2 is 2.05 bits per heavy atom. The number of aryl methyl sites for hydroxylation is 1. The van der Waals surface area contributed by atoms with E-state index in [0.29, 0.717) is 12.1 Å². The van der Waals surface area contributed by atoms with Crippen molar-refractivity contribution in [2.45, 2.75) is 45.3 Å². The number of imidazole rings is 1. The highest BCUT2D eigenvalue weighted by Crippen LogP contribution is 2.35. The van der Waals surface area contributed by atoms with E-state index in [9.17, 15) is 0 Å². The molecule has 1 saturated carbocycles. The third kappa shape index (κ3) is 2.87. The van der Waals surface area contributed by atoms with Gasteiger partial charge in [-0.2, -0.15) is 0 Å². The van der Waals surface area contributed by atoms with E-state index in [1.165, 1.54) is 29.7 Å². The summed E-state index contributed by atoms with van der Waals surface area (Å²) in [5.41, 5.74) is 3.94. The minimum Gasteiger partial charge on any atom is -0.330 e. The number of benzene rings is 1. The summed E-state index contributed by atoms with van der Waals surface area (Å²) in [7, 11) is 0. The molecule has 1 aromatic heterocycles. The topological polar surface area (TPSA) is 29.9 Å². The van der Waals surface area contributed by atoms with Gasteiger partial charge in [-0.1, -0.05) is 29.8 Å². The van der Waals surface area contributed by atoms with Crippen molar-refractivity contribution in [3.63, 3.8) is 0 Å². The second-order valence-electron chi connectivity index (χ2n) is 5.54. The van der Waals surface area contributed by atoms with Gasteiger partial charge in [0.2, 0.25) is 0 Å². The lowest BCUT2D eigenvalue weighted by atomic mass is 10.1. The van der Waals surface area contributed by atoms with Crippen LogP contribution in [0.25, 0.3) is 0 Å². The van der Waals surface area contributed by atoms with Gasteiger partial charge in [-0.25, -0.2) is 4.98 Å². The molecule has 1 atom stereocenters. The first-order chi connectivity index (χ1) is 9.24. The Morgan fingerprint density at radius 1 is 1.32 bits per heavy atom. The van der Waals surface area contributed by atoms with Crippen LogP contribution in [0.4, 0.5) is 0 Å². The fraction of sp³-hybridized carbons (Fsp3) is 0.438. The normalized spacial score (nSPS) is 16.5. The zero-order valence-corrected chi connectivity index (χ0v) is 11.6. The lowest BCUT2D eigenvalue weighted by Gasteiger charge is -2.15. The highest BCUT2D eigenvalue weighted by atomic mass is 15.1. The minimum absolute atomic E-state index is 0.364. The van der Waals surface area contributed by atoms with Gasteiger partial charge in [0.1, 0.15) is 0 Å². The molecule has 3 rings (SSSR count). The molecule has 0 aliphatic heterocycles. The highest BCUT2D eigenvalue weighted by molar-refractivity contribution is 5.23. The molecule has 0 unspecified atom stereocenters. The summed E-state index contributed by atoms with van der Waals surface area (Å²) in [4.78, 5) is 4.27. The molecule has 0 spiro atoms. The number of nitrogens with one attached hydrogen (secondary N) is 1. The summed E-state index contributed by atoms with van der Waals surface area (Å²) in [6.45, 7) is 5.21. The number of hydrogen-bond acceptors (Lipinski definition) is 2. The van der Waals surface area contributed by atoms with Crippen LogP contribution in [-0.2, 0) is 6.54 Å². The van der Waals surface area contributed by atoms with Crippen LogP contribution in [-0.4, -0.2) is 9.55 Å². The van der Waals surface area contributed by atoms with Gasteiger partial charge < -0.3 is 9.88 Å². The monoisotopic (exact) mass is 255 g/mol. The van der Waals surface area contributed by atoms with Crippen LogP contribution >= 0.6 is 0 Å². The molecular formula is C16H21N3. The maximum Gasteiger partial charge on any atom is 0.0951 e. The summed E-state index contributed by atoms with van der Waals surface area (Å²) in [6, 6.07) is 9.80. The van der Waals surface area contributed by atoms with Crippen molar-refractivity contribution in [2.75, 3.05) is 0 Å². The molecule has 100 valence electrons. The van der Waals surface area contributed by atoms with Crippen LogP contribution in [0, 0.1) is 6.92 Å². The quantitative estimate of drug-likeness (QED) is 0.887. The average molecular weight is 255 g/mol. The molecule has 19 heavy (non-hydrogen) atoms. The first-order valence-corrected chi connectivity index (χ1v) is 7.04. The zero-order valence-electron chi connectivity index (χ0n) is 11.6. The molecule has 1 aliphatic rings. The van der Waals surface area contributed by atoms with Gasteiger partial charge in [-0.3, -0.25) is 0 Å². The molecule has 1 heterocycles. The fourth-order valence-corrected chi connectivity index (χ4v) is 2.38. The van der Waals surface area contributed by atoms with Crippen molar-refractivity contribution in [3.8, 4) is 0 Å². The van der Waals surface area contributed by atoms with Gasteiger partial charge in [0, 0.05) is 24.8 Å². The van der Waals surface area contributed by atoms with Crippen LogP contribution < -0.4 is 5.32 Å². The van der Waals surface area contributed by atoms with Crippen molar-refractivity contribution in [2.24, 2.45) is 0 Å². The van der Waals surface area contributed by atoms with Crippen molar-refractivity contribution in [1.82, 2.24) is 14.9 Å². The second-order valence-corrected chi connectivity index (χ2v) is 5.54. The third-order valence-corrected chi connectivity index (χ3v) is 3.85. The molecule has 0 bridgehead atoms. The summed E-state index contributed by atoms with van der Waals surface area (Å²) in [5, 5.41) is 3.58. The Kier molecular flexibility index (Phi) is 3.38. The van der Waals surface area contributed by atoms with Crippen LogP contribution in [0.5, 0.6) is 0 Å². The van der Waals surface area contributed by atoms with E-state index in [1.54, 1.807) is 0 Å². The van der Waals surface area contributed by atoms with Crippen molar-refractivity contribution in [1.29, 1.82) is 0 Å². The number of hydrogen-bond donors (Lipinski definition) is 1. The van der Waals surface area contributed by atoms with E-state index in [-0.39, 0.29) is 0 Å². The van der Waals surface area contributed by atoms with Crippen LogP contribution in [0.1, 0.15) is 48.7 Å². The van der Waals surface area contributed by atoms with E-state index in [2.05, 4.69) is 53.0 Å². The summed E-state index contributed by atoms with van der Waals surface area (Å²) < 4.78 is 2.31. The van der Waals surface area contributed by atoms with Gasteiger partial charge in [0.15, 0.2) is 0 Å². The number of aromatic nitrogens is 2. The maximum atomic E-state index is 4.27. The Morgan fingerprint density at radius 3 is 2.74 bits per heavy atom. The predicted molar refractivity (Wildman–Crippen MR) is 76.9 cm³/mol. The third-order valence-electron chi connectivity index (χ3n) is 3.85. The summed E-state index contributed by atoms with van der Waals surface area (Å²) in [6.07, 6.45) is 6.55. The first kappa shape index (κ1) is 12.4. The highest BCUT2D eigenvalue weighted by Gasteiger charge is 2.25. The van der Waals surface area contributed by atoms with Crippen LogP contribution in [0.15, 0.2) is 36.8 Å². The minimum atomic E-state index is 0.364. The standard InChI is InChI=1S/C16H21N3/c1-12-3-5-14(6-4-12)13(2)18-10-16-9-17-11-19(16)15-7-8-15/h3-6,9,11,13,15,18H,7-8,10H2,1-2H3/t13-/m1/s1. The molecule has 3 nitrogen and oxygen atoms in total. The largest absolute Gasteiger partial charge is 0.330 e. The smallest absolute Gasteiger partial charge is 0.0951 e. The summed E-state index contributed by atoms with van der Waals surface area (Å²) >= 11 is 0. The molecule has 3 heteroatoms. The van der Waals surface area contributed by atoms with Crippen LogP contribution in [0.2, 0.25) is 0 Å². The number of nitrogens with zero attached hydrogens (tertiary/aromatic N) is 2. The van der Waals surface area contributed by atoms with Gasteiger partial charge in [-0.05, 0) is 32.3 Å². The van der Waals surface area contributed by atoms with E-state index in [1.807, 2.05) is 12.5 Å². The van der Waals surface area contributed by atoms with Gasteiger partial charge in [-0.15, -0.1) is 0 Å². The lowest BCUT2D eigenvalue weighted by molar-refractivity contribution is 0.547. The molecule has 1 fully saturated rings. The SMILES string of the molecule is Cc1ccc([C@@H](C)NCc2cncn2C2CC2)cc1. The Balaban J connectivity index is 1.62. The van der Waals surface area contributed by atoms with Crippen LogP contribution in [0.3, 0.4) is 0 Å². The van der Waals surface area contributed by atoms with Crippen molar-refractivity contribution < 1.29 is 0 Å². The molecule has 0 radical (unpaired) electrons. The zero-order chi connectivity index (χ0) is 13.2. The Hall–Kier alpha value is -1.61. The van der Waals surface area contributed by atoms with E-state index >= 15 is 0 Å². The predicted octanol–water partition coefficient (Wildman–Crippen LogP) is 3.38. The Bertz CT molecular complexity index is 537. The molecule has 1 aromatic carbocycles. The van der Waals surface area contributed by atoms with E-state index in [4.69, 9.17) is 0 Å². The molecular weight excluding hydrogens is 234 g/mol. The lowest BCUT2D eigenvalue weighted by Crippen LogP contribution is -2.19. The van der Waals surface area contributed by atoms with E-state index < -0.39 is 0 Å². The average Bonchev–Trinajstić information content (AvgIpc) is 3.16. The Labute approximate surface area is 114 Å².